The van der Waals surface area contributed by atoms with Crippen molar-refractivity contribution in [3.63, 3.8) is 0 Å². The van der Waals surface area contributed by atoms with Crippen LogP contribution < -0.4 is 9.47 Å². The van der Waals surface area contributed by atoms with Crippen LogP contribution in [0.5, 0.6) is 11.5 Å². The first-order valence-electron chi connectivity index (χ1n) is 6.81. The molecule has 0 atom stereocenters. The van der Waals surface area contributed by atoms with E-state index in [-0.39, 0.29) is 0 Å². The molecule has 2 aromatic carbocycles. The lowest BCUT2D eigenvalue weighted by atomic mass is 10.1. The molecule has 0 spiro atoms. The van der Waals surface area contributed by atoms with Crippen molar-refractivity contribution in [3.8, 4) is 17.6 Å². The normalized spacial score (nSPS) is 10.4. The number of ether oxygens (including phenoxy) is 2. The Labute approximate surface area is 138 Å². The third-order valence-corrected chi connectivity index (χ3v) is 3.54. The molecule has 0 aliphatic rings. The number of nitriles is 1. The van der Waals surface area contributed by atoms with Gasteiger partial charge >= 0.3 is 0 Å². The van der Waals surface area contributed by atoms with Crippen LogP contribution in [0.3, 0.4) is 0 Å². The van der Waals surface area contributed by atoms with Crippen LogP contribution >= 0.6 is 15.9 Å². The Hall–Kier alpha value is -2.25. The van der Waals surface area contributed by atoms with Crippen LogP contribution in [0.2, 0.25) is 0 Å². The molecular weight excluding hydrogens is 342 g/mol. The van der Waals surface area contributed by atoms with Crippen molar-refractivity contribution < 1.29 is 9.47 Å². The molecule has 0 aliphatic heterocycles. The Morgan fingerprint density at radius 3 is 2.59 bits per heavy atom. The average molecular weight is 358 g/mol. The maximum atomic E-state index is 9.01. The third kappa shape index (κ3) is 4.37. The van der Waals surface area contributed by atoms with Crippen molar-refractivity contribution in [2.75, 3.05) is 7.11 Å². The highest BCUT2D eigenvalue weighted by Gasteiger charge is 2.05. The Balaban J connectivity index is 2.12. The van der Waals surface area contributed by atoms with E-state index >= 15 is 0 Å². The summed E-state index contributed by atoms with van der Waals surface area (Å²) in [6, 6.07) is 15.4. The zero-order valence-electron chi connectivity index (χ0n) is 12.3. The molecule has 0 N–H and O–H groups in total. The molecule has 0 radical (unpaired) electrons. The first kappa shape index (κ1) is 16.1. The summed E-state index contributed by atoms with van der Waals surface area (Å²) in [4.78, 5) is 1.80. The van der Waals surface area contributed by atoms with Gasteiger partial charge in [-0.05, 0) is 52.9 Å². The van der Waals surface area contributed by atoms with Crippen LogP contribution in [0.25, 0.3) is 0 Å². The lowest BCUT2D eigenvalue weighted by Crippen LogP contribution is -1.99. The van der Waals surface area contributed by atoms with Crippen LogP contribution in [-0.2, 0) is 13.0 Å². The van der Waals surface area contributed by atoms with E-state index in [0.717, 1.165) is 22.6 Å². The number of allylic oxidation sites excluding steroid dienone is 1. The van der Waals surface area contributed by atoms with Crippen molar-refractivity contribution in [1.82, 2.24) is 0 Å². The fourth-order valence-corrected chi connectivity index (χ4v) is 2.19. The van der Waals surface area contributed by atoms with Gasteiger partial charge in [-0.25, -0.2) is 0 Å². The second kappa shape index (κ2) is 8.26. The van der Waals surface area contributed by atoms with Gasteiger partial charge < -0.3 is 9.47 Å². The minimum atomic E-state index is 0.473. The summed E-state index contributed by atoms with van der Waals surface area (Å²) < 4.78 is 11.0. The standard InChI is InChI=1S/C18H16BrNO2/c1-21-17-7-4-14(5-8-17)13-22-18-9-6-15(12-20)11-16(18)3-2-10-19/h2,4-11H,3,13H2,1H3. The number of benzene rings is 2. The molecule has 3 nitrogen and oxygen atoms in total. The van der Waals surface area contributed by atoms with Crippen molar-refractivity contribution in [2.24, 2.45) is 0 Å². The predicted octanol–water partition coefficient (Wildman–Crippen LogP) is 4.60. The fourth-order valence-electron chi connectivity index (χ4n) is 2.00. The molecule has 2 aromatic rings. The molecule has 22 heavy (non-hydrogen) atoms. The summed E-state index contributed by atoms with van der Waals surface area (Å²) in [5.74, 6) is 1.62. The SMILES string of the molecule is COc1ccc(COc2ccc(C#N)cc2CC=CBr)cc1. The Bertz CT molecular complexity index is 687. The fraction of sp³-hybridized carbons (Fsp3) is 0.167. The molecule has 0 unspecified atom stereocenters. The van der Waals surface area contributed by atoms with Crippen LogP contribution in [0, 0.1) is 11.3 Å². The lowest BCUT2D eigenvalue weighted by molar-refractivity contribution is 0.303. The molecule has 0 saturated heterocycles. The van der Waals surface area contributed by atoms with Gasteiger partial charge in [0.15, 0.2) is 0 Å². The molecular formula is C18H16BrNO2. The van der Waals surface area contributed by atoms with Crippen LogP contribution in [0.15, 0.2) is 53.5 Å². The number of nitrogens with zero attached hydrogens (tertiary/aromatic N) is 1. The minimum absolute atomic E-state index is 0.473. The van der Waals surface area contributed by atoms with Crippen molar-refractivity contribution in [1.29, 1.82) is 5.26 Å². The Morgan fingerprint density at radius 1 is 1.18 bits per heavy atom. The van der Waals surface area contributed by atoms with Crippen molar-refractivity contribution in [2.45, 2.75) is 13.0 Å². The molecule has 2 rings (SSSR count). The van der Waals surface area contributed by atoms with E-state index in [0.29, 0.717) is 18.6 Å². The highest BCUT2D eigenvalue weighted by atomic mass is 79.9. The number of rotatable bonds is 6. The number of hydrogen-bond donors (Lipinski definition) is 0. The van der Waals surface area contributed by atoms with E-state index in [1.807, 2.05) is 42.5 Å². The Morgan fingerprint density at radius 2 is 1.95 bits per heavy atom. The zero-order chi connectivity index (χ0) is 15.8. The van der Waals surface area contributed by atoms with Crippen LogP contribution in [0.1, 0.15) is 16.7 Å². The summed E-state index contributed by atoms with van der Waals surface area (Å²) in [6.07, 6.45) is 2.68. The van der Waals surface area contributed by atoms with Gasteiger partial charge in [0.2, 0.25) is 0 Å². The number of hydrogen-bond acceptors (Lipinski definition) is 3. The third-order valence-electron chi connectivity index (χ3n) is 3.17. The molecule has 0 bridgehead atoms. The van der Waals surface area contributed by atoms with E-state index in [4.69, 9.17) is 14.7 Å². The highest BCUT2D eigenvalue weighted by molar-refractivity contribution is 9.11. The molecule has 0 aliphatic carbocycles. The summed E-state index contributed by atoms with van der Waals surface area (Å²) in [6.45, 7) is 0.473. The molecule has 0 heterocycles. The first-order chi connectivity index (χ1) is 10.8. The van der Waals surface area contributed by atoms with E-state index < -0.39 is 0 Å². The summed E-state index contributed by atoms with van der Waals surface area (Å²) in [7, 11) is 1.64. The molecule has 0 amide bonds. The molecule has 0 fully saturated rings. The van der Waals surface area contributed by atoms with Crippen molar-refractivity contribution >= 4 is 15.9 Å². The van der Waals surface area contributed by atoms with Gasteiger partial charge in [-0.2, -0.15) is 5.26 Å². The van der Waals surface area contributed by atoms with Gasteiger partial charge in [0, 0.05) is 0 Å². The molecule has 112 valence electrons. The second-order valence-corrected chi connectivity index (χ2v) is 5.17. The largest absolute Gasteiger partial charge is 0.497 e. The van der Waals surface area contributed by atoms with E-state index in [9.17, 15) is 0 Å². The predicted molar refractivity (Wildman–Crippen MR) is 90.3 cm³/mol. The van der Waals surface area contributed by atoms with Gasteiger partial charge in [0.1, 0.15) is 18.1 Å². The van der Waals surface area contributed by atoms with E-state index in [1.54, 1.807) is 18.2 Å². The minimum Gasteiger partial charge on any atom is -0.497 e. The summed E-state index contributed by atoms with van der Waals surface area (Å²) in [5, 5.41) is 9.01. The van der Waals surface area contributed by atoms with Crippen LogP contribution in [-0.4, -0.2) is 7.11 Å². The van der Waals surface area contributed by atoms with Crippen LogP contribution in [0.4, 0.5) is 0 Å². The van der Waals surface area contributed by atoms with Gasteiger partial charge in [-0.15, -0.1) is 0 Å². The topological polar surface area (TPSA) is 42.2 Å². The lowest BCUT2D eigenvalue weighted by Gasteiger charge is -2.11. The average Bonchev–Trinajstić information content (AvgIpc) is 2.58. The molecule has 4 heteroatoms. The van der Waals surface area contributed by atoms with Gasteiger partial charge in [0.05, 0.1) is 18.7 Å². The van der Waals surface area contributed by atoms with Gasteiger partial charge in [0.25, 0.3) is 0 Å². The highest BCUT2D eigenvalue weighted by Crippen LogP contribution is 2.23. The first-order valence-corrected chi connectivity index (χ1v) is 7.72. The number of halogens is 1. The zero-order valence-corrected chi connectivity index (χ0v) is 13.8. The van der Waals surface area contributed by atoms with E-state index in [1.165, 1.54) is 0 Å². The van der Waals surface area contributed by atoms with Crippen molar-refractivity contribution in [3.05, 3.63) is 70.2 Å². The smallest absolute Gasteiger partial charge is 0.123 e. The maximum Gasteiger partial charge on any atom is 0.123 e. The van der Waals surface area contributed by atoms with E-state index in [2.05, 4.69) is 22.0 Å². The second-order valence-electron chi connectivity index (χ2n) is 4.64. The summed E-state index contributed by atoms with van der Waals surface area (Å²) >= 11 is 3.26. The van der Waals surface area contributed by atoms with Gasteiger partial charge in [-0.1, -0.05) is 34.1 Å². The monoisotopic (exact) mass is 357 g/mol. The quantitative estimate of drug-likeness (QED) is 0.758. The number of methoxy groups -OCH3 is 1. The Kier molecular flexibility index (Phi) is 6.05. The molecule has 0 aromatic heterocycles. The summed E-state index contributed by atoms with van der Waals surface area (Å²) in [5.41, 5.74) is 2.69. The van der Waals surface area contributed by atoms with Gasteiger partial charge in [-0.3, -0.25) is 0 Å². The molecule has 0 saturated carbocycles. The maximum absolute atomic E-state index is 9.01.